The minimum atomic E-state index is -3.25. The third kappa shape index (κ3) is 2.87. The largest absolute Gasteiger partial charge is 0.351 e. The standard InChI is InChI=1S/C12H17N3O3S/c1-19(17,18)15-7-4-9-8-10(2-3-11(9)15)12(16)14-6-5-13/h2-3,8H,4-7,13H2,1H3,(H,14,16). The molecule has 1 aliphatic heterocycles. The summed E-state index contributed by atoms with van der Waals surface area (Å²) in [6, 6.07) is 5.06. The maximum Gasteiger partial charge on any atom is 0.251 e. The molecule has 7 heteroatoms. The molecule has 0 aromatic heterocycles. The van der Waals surface area contributed by atoms with Crippen LogP contribution in [0, 0.1) is 0 Å². The minimum absolute atomic E-state index is 0.189. The molecule has 3 N–H and O–H groups in total. The van der Waals surface area contributed by atoms with E-state index in [-0.39, 0.29) is 5.91 Å². The summed E-state index contributed by atoms with van der Waals surface area (Å²) in [5.41, 5.74) is 7.40. The summed E-state index contributed by atoms with van der Waals surface area (Å²) in [7, 11) is -3.25. The molecule has 1 heterocycles. The van der Waals surface area contributed by atoms with E-state index in [4.69, 9.17) is 5.73 Å². The van der Waals surface area contributed by atoms with E-state index in [1.807, 2.05) is 0 Å². The zero-order valence-electron chi connectivity index (χ0n) is 10.7. The predicted octanol–water partition coefficient (Wildman–Crippen LogP) is -0.303. The lowest BCUT2D eigenvalue weighted by Gasteiger charge is -2.16. The highest BCUT2D eigenvalue weighted by atomic mass is 32.2. The van der Waals surface area contributed by atoms with Crippen molar-refractivity contribution in [2.75, 3.05) is 30.2 Å². The van der Waals surface area contributed by atoms with Crippen LogP contribution in [0.5, 0.6) is 0 Å². The molecule has 1 amide bonds. The molecule has 0 radical (unpaired) electrons. The summed E-state index contributed by atoms with van der Waals surface area (Å²) >= 11 is 0. The third-order valence-electron chi connectivity index (χ3n) is 3.02. The molecule has 0 bridgehead atoms. The van der Waals surface area contributed by atoms with Gasteiger partial charge in [0.25, 0.3) is 5.91 Å². The number of benzene rings is 1. The van der Waals surface area contributed by atoms with Gasteiger partial charge in [-0.25, -0.2) is 8.42 Å². The monoisotopic (exact) mass is 283 g/mol. The molecule has 6 nitrogen and oxygen atoms in total. The van der Waals surface area contributed by atoms with Crippen molar-refractivity contribution in [2.45, 2.75) is 6.42 Å². The number of nitrogens with two attached hydrogens (primary N) is 1. The van der Waals surface area contributed by atoms with Gasteiger partial charge in [-0.1, -0.05) is 0 Å². The minimum Gasteiger partial charge on any atom is -0.351 e. The van der Waals surface area contributed by atoms with E-state index in [2.05, 4.69) is 5.32 Å². The molecule has 1 aromatic rings. The first kappa shape index (κ1) is 13.8. The summed E-state index contributed by atoms with van der Waals surface area (Å²) in [6.07, 6.45) is 1.81. The van der Waals surface area contributed by atoms with Gasteiger partial charge < -0.3 is 11.1 Å². The summed E-state index contributed by atoms with van der Waals surface area (Å²) in [4.78, 5) is 11.8. The van der Waals surface area contributed by atoms with E-state index in [0.29, 0.717) is 37.3 Å². The van der Waals surface area contributed by atoms with Crippen LogP contribution in [0.15, 0.2) is 18.2 Å². The number of carbonyl (C=O) groups excluding carboxylic acids is 1. The average molecular weight is 283 g/mol. The van der Waals surface area contributed by atoms with E-state index in [1.165, 1.54) is 10.6 Å². The van der Waals surface area contributed by atoms with Gasteiger partial charge in [-0.2, -0.15) is 0 Å². The quantitative estimate of drug-likeness (QED) is 0.793. The molecule has 104 valence electrons. The van der Waals surface area contributed by atoms with Crippen LogP contribution in [-0.4, -0.2) is 40.2 Å². The van der Waals surface area contributed by atoms with Crippen molar-refractivity contribution >= 4 is 21.6 Å². The average Bonchev–Trinajstić information content (AvgIpc) is 2.78. The van der Waals surface area contributed by atoms with Gasteiger partial charge in [0.2, 0.25) is 10.0 Å². The second-order valence-electron chi connectivity index (χ2n) is 4.47. The number of hydrogen-bond acceptors (Lipinski definition) is 4. The molecule has 0 saturated carbocycles. The highest BCUT2D eigenvalue weighted by molar-refractivity contribution is 7.92. The summed E-state index contributed by atoms with van der Waals surface area (Å²) < 4.78 is 24.5. The van der Waals surface area contributed by atoms with Crippen LogP contribution in [0.1, 0.15) is 15.9 Å². The molecule has 1 aliphatic rings. The van der Waals surface area contributed by atoms with Gasteiger partial charge in [0.15, 0.2) is 0 Å². The Bertz CT molecular complexity index is 598. The number of amides is 1. The zero-order chi connectivity index (χ0) is 14.0. The highest BCUT2D eigenvalue weighted by Crippen LogP contribution is 2.30. The molecule has 19 heavy (non-hydrogen) atoms. The van der Waals surface area contributed by atoms with Gasteiger partial charge in [-0.15, -0.1) is 0 Å². The lowest BCUT2D eigenvalue weighted by Crippen LogP contribution is -2.29. The van der Waals surface area contributed by atoms with Crippen molar-refractivity contribution in [3.05, 3.63) is 29.3 Å². The van der Waals surface area contributed by atoms with E-state index < -0.39 is 10.0 Å². The van der Waals surface area contributed by atoms with E-state index in [0.717, 1.165) is 5.56 Å². The number of nitrogens with one attached hydrogen (secondary N) is 1. The first-order valence-corrected chi connectivity index (χ1v) is 7.87. The van der Waals surface area contributed by atoms with E-state index >= 15 is 0 Å². The van der Waals surface area contributed by atoms with Crippen LogP contribution in [0.25, 0.3) is 0 Å². The van der Waals surface area contributed by atoms with Crippen LogP contribution in [-0.2, 0) is 16.4 Å². The fraction of sp³-hybridized carbons (Fsp3) is 0.417. The van der Waals surface area contributed by atoms with Crippen molar-refractivity contribution < 1.29 is 13.2 Å². The maximum atomic E-state index is 11.8. The number of rotatable bonds is 4. The summed E-state index contributed by atoms with van der Waals surface area (Å²) in [5.74, 6) is -0.189. The van der Waals surface area contributed by atoms with Crippen LogP contribution in [0.4, 0.5) is 5.69 Å². The Morgan fingerprint density at radius 2 is 2.21 bits per heavy atom. The van der Waals surface area contributed by atoms with Gasteiger partial charge in [0.05, 0.1) is 11.9 Å². The van der Waals surface area contributed by atoms with Gasteiger partial charge in [0.1, 0.15) is 0 Å². The second kappa shape index (κ2) is 5.18. The summed E-state index contributed by atoms with van der Waals surface area (Å²) in [6.45, 7) is 1.24. The molecule has 1 aromatic carbocycles. The molecule has 0 fully saturated rings. The van der Waals surface area contributed by atoms with Crippen molar-refractivity contribution in [2.24, 2.45) is 5.73 Å². The first-order valence-electron chi connectivity index (χ1n) is 6.02. The highest BCUT2D eigenvalue weighted by Gasteiger charge is 2.26. The lowest BCUT2D eigenvalue weighted by atomic mass is 10.1. The van der Waals surface area contributed by atoms with Crippen molar-refractivity contribution in [1.82, 2.24) is 5.32 Å². The number of hydrogen-bond donors (Lipinski definition) is 2. The molecule has 0 atom stereocenters. The Morgan fingerprint density at radius 3 is 2.84 bits per heavy atom. The Balaban J connectivity index is 2.25. The number of anilines is 1. The maximum absolute atomic E-state index is 11.8. The Kier molecular flexibility index (Phi) is 3.77. The fourth-order valence-electron chi connectivity index (χ4n) is 2.14. The molecular weight excluding hydrogens is 266 g/mol. The molecule has 0 aliphatic carbocycles. The number of fused-ring (bicyclic) bond motifs is 1. The third-order valence-corrected chi connectivity index (χ3v) is 4.20. The van der Waals surface area contributed by atoms with Gasteiger partial charge in [-0.3, -0.25) is 9.10 Å². The summed E-state index contributed by atoms with van der Waals surface area (Å²) in [5, 5.41) is 2.69. The smallest absolute Gasteiger partial charge is 0.251 e. The van der Waals surface area contributed by atoms with Crippen LogP contribution in [0.2, 0.25) is 0 Å². The van der Waals surface area contributed by atoms with Crippen molar-refractivity contribution in [3.8, 4) is 0 Å². The van der Waals surface area contributed by atoms with Gasteiger partial charge >= 0.3 is 0 Å². The Labute approximate surface area is 112 Å². The van der Waals surface area contributed by atoms with Crippen molar-refractivity contribution in [1.29, 1.82) is 0 Å². The lowest BCUT2D eigenvalue weighted by molar-refractivity contribution is 0.0954. The number of carbonyl (C=O) groups is 1. The normalized spacial score (nSPS) is 14.3. The molecular formula is C12H17N3O3S. The number of sulfonamides is 1. The molecule has 0 spiro atoms. The topological polar surface area (TPSA) is 92.5 Å². The van der Waals surface area contributed by atoms with Gasteiger partial charge in [0, 0.05) is 25.2 Å². The van der Waals surface area contributed by atoms with Crippen molar-refractivity contribution in [3.63, 3.8) is 0 Å². The van der Waals surface area contributed by atoms with E-state index in [9.17, 15) is 13.2 Å². The SMILES string of the molecule is CS(=O)(=O)N1CCc2cc(C(=O)NCCN)ccc21. The number of nitrogens with zero attached hydrogens (tertiary/aromatic N) is 1. The molecule has 2 rings (SSSR count). The van der Waals surface area contributed by atoms with Crippen LogP contribution in [0.3, 0.4) is 0 Å². The fourth-order valence-corrected chi connectivity index (χ4v) is 3.10. The van der Waals surface area contributed by atoms with Gasteiger partial charge in [-0.05, 0) is 30.2 Å². The molecule has 0 saturated heterocycles. The van der Waals surface area contributed by atoms with Crippen LogP contribution >= 0.6 is 0 Å². The Morgan fingerprint density at radius 1 is 1.47 bits per heavy atom. The predicted molar refractivity (Wildman–Crippen MR) is 73.7 cm³/mol. The Hall–Kier alpha value is -1.60. The zero-order valence-corrected chi connectivity index (χ0v) is 11.5. The first-order chi connectivity index (χ1) is 8.93. The molecule has 0 unspecified atom stereocenters. The van der Waals surface area contributed by atoms with E-state index in [1.54, 1.807) is 18.2 Å². The van der Waals surface area contributed by atoms with Crippen LogP contribution < -0.4 is 15.4 Å². The second-order valence-corrected chi connectivity index (χ2v) is 6.38.